The minimum Gasteiger partial charge on any atom is -0.348 e. The minimum atomic E-state index is -4.33. The third-order valence-electron chi connectivity index (χ3n) is 2.89. The van der Waals surface area contributed by atoms with E-state index in [0.717, 1.165) is 12.1 Å². The summed E-state index contributed by atoms with van der Waals surface area (Å²) >= 11 is 0. The number of Topliss-reactive ketones (excluding diaryl/α,β-unsaturated/α-hetero) is 1. The van der Waals surface area contributed by atoms with Crippen molar-refractivity contribution in [2.24, 2.45) is 0 Å². The van der Waals surface area contributed by atoms with E-state index in [4.69, 9.17) is 0 Å². The van der Waals surface area contributed by atoms with E-state index in [0.29, 0.717) is 17.8 Å². The molecule has 1 aromatic heterocycles. The van der Waals surface area contributed by atoms with Crippen LogP contribution in [0.15, 0.2) is 36.7 Å². The standard InChI is InChI=1S/C14H13F3N2O/c15-14(16,17)11-4-1-10(2-5-11)3-6-12(20)9-13-18-7-8-19-13/h1-2,4-5,7-8H,3,6,9H2,(H,18,19). The second kappa shape index (κ2) is 5.90. The van der Waals surface area contributed by atoms with Crippen LogP contribution in [0.1, 0.15) is 23.4 Å². The summed E-state index contributed by atoms with van der Waals surface area (Å²) < 4.78 is 37.1. The molecule has 1 N–H and O–H groups in total. The molecule has 0 aliphatic carbocycles. The first-order valence-electron chi connectivity index (χ1n) is 6.11. The number of nitrogens with zero attached hydrogens (tertiary/aromatic N) is 1. The molecule has 0 amide bonds. The highest BCUT2D eigenvalue weighted by molar-refractivity contribution is 5.80. The zero-order chi connectivity index (χ0) is 14.6. The van der Waals surface area contributed by atoms with Crippen molar-refractivity contribution < 1.29 is 18.0 Å². The van der Waals surface area contributed by atoms with E-state index in [-0.39, 0.29) is 18.6 Å². The number of hydrogen-bond donors (Lipinski definition) is 1. The number of carbonyl (C=O) groups excluding carboxylic acids is 1. The van der Waals surface area contributed by atoms with Crippen LogP contribution in [0.5, 0.6) is 0 Å². The average Bonchev–Trinajstić information content (AvgIpc) is 2.88. The normalized spacial score (nSPS) is 11.6. The van der Waals surface area contributed by atoms with E-state index in [9.17, 15) is 18.0 Å². The van der Waals surface area contributed by atoms with E-state index in [1.807, 2.05) is 0 Å². The lowest BCUT2D eigenvalue weighted by atomic mass is 10.0. The molecule has 6 heteroatoms. The maximum atomic E-state index is 12.4. The lowest BCUT2D eigenvalue weighted by molar-refractivity contribution is -0.137. The number of aryl methyl sites for hydroxylation is 1. The van der Waals surface area contributed by atoms with Gasteiger partial charge in [0.15, 0.2) is 0 Å². The fraction of sp³-hybridized carbons (Fsp3) is 0.286. The Balaban J connectivity index is 1.86. The quantitative estimate of drug-likeness (QED) is 0.915. The van der Waals surface area contributed by atoms with Crippen LogP contribution in [0, 0.1) is 0 Å². The summed E-state index contributed by atoms with van der Waals surface area (Å²) in [5.41, 5.74) is 0.0361. The summed E-state index contributed by atoms with van der Waals surface area (Å²) in [5, 5.41) is 0. The largest absolute Gasteiger partial charge is 0.416 e. The fourth-order valence-electron chi connectivity index (χ4n) is 1.81. The zero-order valence-corrected chi connectivity index (χ0v) is 10.6. The molecular formula is C14H13F3N2O. The molecule has 1 aromatic carbocycles. The monoisotopic (exact) mass is 282 g/mol. The number of nitrogens with one attached hydrogen (secondary N) is 1. The number of aromatic nitrogens is 2. The van der Waals surface area contributed by atoms with Gasteiger partial charge in [-0.2, -0.15) is 13.2 Å². The summed E-state index contributed by atoms with van der Waals surface area (Å²) in [6.07, 6.45) is -0.192. The molecule has 0 saturated carbocycles. The molecule has 1 heterocycles. The Hall–Kier alpha value is -2.11. The first-order chi connectivity index (χ1) is 9.45. The van der Waals surface area contributed by atoms with E-state index >= 15 is 0 Å². The van der Waals surface area contributed by atoms with Crippen LogP contribution < -0.4 is 0 Å². The lowest BCUT2D eigenvalue weighted by Crippen LogP contribution is -2.07. The summed E-state index contributed by atoms with van der Waals surface area (Å²) in [6, 6.07) is 4.88. The Labute approximate surface area is 113 Å². The lowest BCUT2D eigenvalue weighted by Gasteiger charge is -2.07. The zero-order valence-electron chi connectivity index (χ0n) is 10.6. The number of carbonyl (C=O) groups is 1. The number of imidazole rings is 1. The minimum absolute atomic E-state index is 0.000141. The van der Waals surface area contributed by atoms with Gasteiger partial charge in [0.2, 0.25) is 0 Å². The maximum Gasteiger partial charge on any atom is 0.416 e. The van der Waals surface area contributed by atoms with Gasteiger partial charge in [-0.25, -0.2) is 4.98 Å². The van der Waals surface area contributed by atoms with Crippen molar-refractivity contribution in [3.8, 4) is 0 Å². The predicted octanol–water partition coefficient (Wildman–Crippen LogP) is 3.17. The van der Waals surface area contributed by atoms with Crippen molar-refractivity contribution in [2.45, 2.75) is 25.4 Å². The fourth-order valence-corrected chi connectivity index (χ4v) is 1.81. The molecule has 3 nitrogen and oxygen atoms in total. The molecule has 20 heavy (non-hydrogen) atoms. The van der Waals surface area contributed by atoms with Gasteiger partial charge >= 0.3 is 6.18 Å². The SMILES string of the molecule is O=C(CCc1ccc(C(F)(F)F)cc1)Cc1ncc[nH]1. The second-order valence-electron chi connectivity index (χ2n) is 4.45. The summed E-state index contributed by atoms with van der Waals surface area (Å²) in [7, 11) is 0. The molecule has 0 aliphatic heterocycles. The third-order valence-corrected chi connectivity index (χ3v) is 2.89. The van der Waals surface area contributed by atoms with Crippen molar-refractivity contribution in [1.82, 2.24) is 9.97 Å². The van der Waals surface area contributed by atoms with Crippen LogP contribution in [-0.2, 0) is 23.8 Å². The molecule has 2 rings (SSSR count). The van der Waals surface area contributed by atoms with E-state index < -0.39 is 11.7 Å². The first-order valence-corrected chi connectivity index (χ1v) is 6.11. The van der Waals surface area contributed by atoms with Gasteiger partial charge in [-0.15, -0.1) is 0 Å². The molecule has 106 valence electrons. The Morgan fingerprint density at radius 3 is 2.45 bits per heavy atom. The van der Waals surface area contributed by atoms with E-state index in [1.54, 1.807) is 12.4 Å². The Morgan fingerprint density at radius 1 is 1.20 bits per heavy atom. The molecule has 0 saturated heterocycles. The Kier molecular flexibility index (Phi) is 4.22. The van der Waals surface area contributed by atoms with Crippen LogP contribution in [0.25, 0.3) is 0 Å². The topological polar surface area (TPSA) is 45.8 Å². The Morgan fingerprint density at radius 2 is 1.90 bits per heavy atom. The molecule has 0 radical (unpaired) electrons. The predicted molar refractivity (Wildman–Crippen MR) is 67.1 cm³/mol. The highest BCUT2D eigenvalue weighted by Gasteiger charge is 2.29. The first kappa shape index (κ1) is 14.3. The van der Waals surface area contributed by atoms with Crippen molar-refractivity contribution in [3.63, 3.8) is 0 Å². The van der Waals surface area contributed by atoms with Gasteiger partial charge in [0, 0.05) is 18.8 Å². The van der Waals surface area contributed by atoms with E-state index in [1.165, 1.54) is 12.1 Å². The van der Waals surface area contributed by atoms with Gasteiger partial charge in [0.25, 0.3) is 0 Å². The molecule has 0 fully saturated rings. The van der Waals surface area contributed by atoms with Crippen LogP contribution in [-0.4, -0.2) is 15.8 Å². The van der Waals surface area contributed by atoms with Gasteiger partial charge in [0.1, 0.15) is 11.6 Å². The summed E-state index contributed by atoms with van der Waals surface area (Å²) in [5.74, 6) is 0.599. The summed E-state index contributed by atoms with van der Waals surface area (Å²) in [6.45, 7) is 0. The third kappa shape index (κ3) is 3.94. The van der Waals surface area contributed by atoms with Crippen molar-refractivity contribution in [3.05, 3.63) is 53.6 Å². The van der Waals surface area contributed by atoms with Gasteiger partial charge in [0.05, 0.1) is 12.0 Å². The average molecular weight is 282 g/mol. The number of halogens is 3. The molecule has 0 unspecified atom stereocenters. The number of ketones is 1. The second-order valence-corrected chi connectivity index (χ2v) is 4.45. The van der Waals surface area contributed by atoms with Crippen LogP contribution in [0.2, 0.25) is 0 Å². The highest BCUT2D eigenvalue weighted by atomic mass is 19.4. The number of benzene rings is 1. The summed E-state index contributed by atoms with van der Waals surface area (Å²) in [4.78, 5) is 18.5. The molecule has 2 aromatic rings. The van der Waals surface area contributed by atoms with Crippen molar-refractivity contribution >= 4 is 5.78 Å². The number of rotatable bonds is 5. The van der Waals surface area contributed by atoms with Gasteiger partial charge < -0.3 is 4.98 Å². The van der Waals surface area contributed by atoms with Crippen molar-refractivity contribution in [1.29, 1.82) is 0 Å². The van der Waals surface area contributed by atoms with Crippen LogP contribution in [0.3, 0.4) is 0 Å². The molecule has 0 atom stereocenters. The Bertz CT molecular complexity index is 559. The number of H-pyrrole nitrogens is 1. The molecule has 0 aliphatic rings. The molecular weight excluding hydrogens is 269 g/mol. The molecule has 0 bridgehead atoms. The smallest absolute Gasteiger partial charge is 0.348 e. The van der Waals surface area contributed by atoms with Crippen molar-refractivity contribution in [2.75, 3.05) is 0 Å². The highest BCUT2D eigenvalue weighted by Crippen LogP contribution is 2.29. The maximum absolute atomic E-state index is 12.4. The van der Waals surface area contributed by atoms with Crippen LogP contribution in [0.4, 0.5) is 13.2 Å². The van der Waals surface area contributed by atoms with Gasteiger partial charge in [-0.05, 0) is 24.1 Å². The van der Waals surface area contributed by atoms with E-state index in [2.05, 4.69) is 9.97 Å². The van der Waals surface area contributed by atoms with Gasteiger partial charge in [-0.1, -0.05) is 12.1 Å². The number of hydrogen-bond acceptors (Lipinski definition) is 2. The molecule has 0 spiro atoms. The van der Waals surface area contributed by atoms with Crippen LogP contribution >= 0.6 is 0 Å². The number of alkyl halides is 3. The van der Waals surface area contributed by atoms with Gasteiger partial charge in [-0.3, -0.25) is 4.79 Å². The number of aromatic amines is 1.